The number of fused-ring (bicyclic) bond motifs is 1. The van der Waals surface area contributed by atoms with Crippen molar-refractivity contribution >= 4 is 17.3 Å². The van der Waals surface area contributed by atoms with Gasteiger partial charge in [-0.25, -0.2) is 0 Å². The van der Waals surface area contributed by atoms with E-state index in [0.717, 1.165) is 22.0 Å². The van der Waals surface area contributed by atoms with Gasteiger partial charge in [0.15, 0.2) is 0 Å². The van der Waals surface area contributed by atoms with Crippen LogP contribution in [0.4, 0.5) is 5.69 Å². The van der Waals surface area contributed by atoms with E-state index in [9.17, 15) is 0 Å². The highest BCUT2D eigenvalue weighted by atomic mass is 35.5. The second kappa shape index (κ2) is 5.76. The molecule has 1 N–H and O–H groups in total. The van der Waals surface area contributed by atoms with E-state index in [-0.39, 0.29) is 0 Å². The topological polar surface area (TPSA) is 21.3 Å². The van der Waals surface area contributed by atoms with Crippen LogP contribution in [0.25, 0.3) is 0 Å². The predicted molar refractivity (Wildman–Crippen MR) is 83.8 cm³/mol. The van der Waals surface area contributed by atoms with Crippen LogP contribution in [0, 0.1) is 0 Å². The normalized spacial score (nSPS) is 13.1. The van der Waals surface area contributed by atoms with Gasteiger partial charge in [0.1, 0.15) is 5.75 Å². The fourth-order valence-electron chi connectivity index (χ4n) is 2.77. The highest BCUT2D eigenvalue weighted by Gasteiger charge is 2.11. The third kappa shape index (κ3) is 2.61. The number of nitrogens with one attached hydrogen (secondary N) is 1. The Hall–Kier alpha value is -1.67. The second-order valence-corrected chi connectivity index (χ2v) is 5.52. The van der Waals surface area contributed by atoms with Crippen LogP contribution in [0.5, 0.6) is 5.75 Å². The molecule has 0 atom stereocenters. The smallest absolute Gasteiger partial charge is 0.125 e. The molecule has 0 saturated carbocycles. The average Bonchev–Trinajstić information content (AvgIpc) is 2.93. The molecule has 1 aliphatic rings. The van der Waals surface area contributed by atoms with E-state index in [1.807, 2.05) is 18.2 Å². The first-order valence-corrected chi connectivity index (χ1v) is 7.33. The SMILES string of the molecule is COc1cccc(Cl)c1CNc1ccc2c(c1)CCC2. The van der Waals surface area contributed by atoms with Gasteiger partial charge in [-0.1, -0.05) is 23.7 Å². The Morgan fingerprint density at radius 1 is 1.15 bits per heavy atom. The standard InChI is InChI=1S/C17H18ClNO/c1-20-17-7-3-6-16(18)15(17)11-19-14-9-8-12-4-2-5-13(12)10-14/h3,6-10,19H,2,4-5,11H2,1H3. The molecular weight excluding hydrogens is 270 g/mol. The van der Waals surface area contributed by atoms with Crippen molar-refractivity contribution in [3.05, 3.63) is 58.1 Å². The molecule has 2 aromatic rings. The van der Waals surface area contributed by atoms with Crippen LogP contribution < -0.4 is 10.1 Å². The molecular formula is C17H18ClNO. The van der Waals surface area contributed by atoms with Crippen LogP contribution in [-0.4, -0.2) is 7.11 Å². The van der Waals surface area contributed by atoms with E-state index in [2.05, 4.69) is 23.5 Å². The molecule has 3 rings (SSSR count). The van der Waals surface area contributed by atoms with Crippen LogP contribution in [0.3, 0.4) is 0 Å². The van der Waals surface area contributed by atoms with Crippen molar-refractivity contribution in [3.8, 4) is 5.75 Å². The Balaban J connectivity index is 1.77. The van der Waals surface area contributed by atoms with Crippen molar-refractivity contribution in [3.63, 3.8) is 0 Å². The first-order chi connectivity index (χ1) is 9.78. The van der Waals surface area contributed by atoms with Gasteiger partial charge in [0.25, 0.3) is 0 Å². The summed E-state index contributed by atoms with van der Waals surface area (Å²) in [7, 11) is 1.67. The van der Waals surface area contributed by atoms with E-state index < -0.39 is 0 Å². The zero-order valence-electron chi connectivity index (χ0n) is 11.6. The number of ether oxygens (including phenoxy) is 1. The Morgan fingerprint density at radius 3 is 2.85 bits per heavy atom. The Bertz CT molecular complexity index is 624. The molecule has 0 spiro atoms. The fourth-order valence-corrected chi connectivity index (χ4v) is 3.01. The summed E-state index contributed by atoms with van der Waals surface area (Å²) in [6, 6.07) is 12.4. The highest BCUT2D eigenvalue weighted by molar-refractivity contribution is 6.31. The van der Waals surface area contributed by atoms with Crippen molar-refractivity contribution in [2.75, 3.05) is 12.4 Å². The van der Waals surface area contributed by atoms with Gasteiger partial charge in [-0.15, -0.1) is 0 Å². The van der Waals surface area contributed by atoms with Crippen LogP contribution in [0.1, 0.15) is 23.1 Å². The second-order valence-electron chi connectivity index (χ2n) is 5.11. The Morgan fingerprint density at radius 2 is 2.00 bits per heavy atom. The first kappa shape index (κ1) is 13.3. The van der Waals surface area contributed by atoms with E-state index in [1.165, 1.54) is 30.4 Å². The highest BCUT2D eigenvalue weighted by Crippen LogP contribution is 2.28. The number of rotatable bonds is 4. The summed E-state index contributed by atoms with van der Waals surface area (Å²) in [5.41, 5.74) is 5.11. The lowest BCUT2D eigenvalue weighted by molar-refractivity contribution is 0.410. The number of hydrogen-bond donors (Lipinski definition) is 1. The van der Waals surface area contributed by atoms with E-state index in [1.54, 1.807) is 7.11 Å². The predicted octanol–water partition coefficient (Wildman–Crippen LogP) is 4.45. The molecule has 0 bridgehead atoms. The molecule has 0 amide bonds. The van der Waals surface area contributed by atoms with Gasteiger partial charge in [-0.2, -0.15) is 0 Å². The van der Waals surface area contributed by atoms with Gasteiger partial charge in [0, 0.05) is 22.8 Å². The fraction of sp³-hybridized carbons (Fsp3) is 0.294. The van der Waals surface area contributed by atoms with Crippen molar-refractivity contribution in [1.82, 2.24) is 0 Å². The van der Waals surface area contributed by atoms with Crippen LogP contribution in [0.15, 0.2) is 36.4 Å². The van der Waals surface area contributed by atoms with Gasteiger partial charge in [0.05, 0.1) is 7.11 Å². The monoisotopic (exact) mass is 287 g/mol. The molecule has 2 aromatic carbocycles. The summed E-state index contributed by atoms with van der Waals surface area (Å²) in [5, 5.41) is 4.18. The number of benzene rings is 2. The maximum Gasteiger partial charge on any atom is 0.125 e. The van der Waals surface area contributed by atoms with Crippen LogP contribution in [0.2, 0.25) is 5.02 Å². The minimum Gasteiger partial charge on any atom is -0.496 e. The Kier molecular flexibility index (Phi) is 3.83. The van der Waals surface area contributed by atoms with Crippen molar-refractivity contribution in [1.29, 1.82) is 0 Å². The lowest BCUT2D eigenvalue weighted by Crippen LogP contribution is -2.03. The zero-order chi connectivity index (χ0) is 13.9. The summed E-state index contributed by atoms with van der Waals surface area (Å²) in [4.78, 5) is 0. The van der Waals surface area contributed by atoms with E-state index in [4.69, 9.17) is 16.3 Å². The lowest BCUT2D eigenvalue weighted by atomic mass is 10.1. The molecule has 0 unspecified atom stereocenters. The number of halogens is 1. The molecule has 0 aliphatic heterocycles. The van der Waals surface area contributed by atoms with Gasteiger partial charge in [0.2, 0.25) is 0 Å². The van der Waals surface area contributed by atoms with Crippen molar-refractivity contribution < 1.29 is 4.74 Å². The molecule has 1 aliphatic carbocycles. The van der Waals surface area contributed by atoms with Crippen molar-refractivity contribution in [2.45, 2.75) is 25.8 Å². The van der Waals surface area contributed by atoms with Gasteiger partial charge >= 0.3 is 0 Å². The third-order valence-electron chi connectivity index (χ3n) is 3.86. The maximum atomic E-state index is 6.25. The van der Waals surface area contributed by atoms with Crippen LogP contribution >= 0.6 is 11.6 Å². The summed E-state index contributed by atoms with van der Waals surface area (Å²) in [6.45, 7) is 0.668. The molecule has 0 heterocycles. The number of aryl methyl sites for hydroxylation is 2. The average molecular weight is 288 g/mol. The molecule has 104 valence electrons. The molecule has 0 saturated heterocycles. The molecule has 2 nitrogen and oxygen atoms in total. The van der Waals surface area contributed by atoms with Gasteiger partial charge < -0.3 is 10.1 Å². The molecule has 3 heteroatoms. The van der Waals surface area contributed by atoms with Crippen molar-refractivity contribution in [2.24, 2.45) is 0 Å². The molecule has 20 heavy (non-hydrogen) atoms. The number of anilines is 1. The lowest BCUT2D eigenvalue weighted by Gasteiger charge is -2.13. The van der Waals surface area contributed by atoms with Crippen LogP contribution in [-0.2, 0) is 19.4 Å². The Labute approximate surface area is 124 Å². The van der Waals surface area contributed by atoms with Gasteiger partial charge in [-0.3, -0.25) is 0 Å². The summed E-state index contributed by atoms with van der Waals surface area (Å²) in [6.07, 6.45) is 3.69. The summed E-state index contributed by atoms with van der Waals surface area (Å²) < 4.78 is 5.36. The maximum absolute atomic E-state index is 6.25. The van der Waals surface area contributed by atoms with E-state index in [0.29, 0.717) is 6.54 Å². The largest absolute Gasteiger partial charge is 0.496 e. The molecule has 0 fully saturated rings. The van der Waals surface area contributed by atoms with Gasteiger partial charge in [-0.05, 0) is 54.7 Å². The zero-order valence-corrected chi connectivity index (χ0v) is 12.3. The molecule has 0 aromatic heterocycles. The first-order valence-electron chi connectivity index (χ1n) is 6.95. The minimum atomic E-state index is 0.668. The summed E-state index contributed by atoms with van der Waals surface area (Å²) in [5.74, 6) is 0.825. The van der Waals surface area contributed by atoms with E-state index >= 15 is 0 Å². The minimum absolute atomic E-state index is 0.668. The third-order valence-corrected chi connectivity index (χ3v) is 4.22. The number of methoxy groups -OCH3 is 1. The quantitative estimate of drug-likeness (QED) is 0.897. The number of hydrogen-bond acceptors (Lipinski definition) is 2. The molecule has 0 radical (unpaired) electrons. The summed E-state index contributed by atoms with van der Waals surface area (Å²) >= 11 is 6.25.